The molecule has 252 valence electrons. The first-order valence-corrected chi connectivity index (χ1v) is 14.4. The van der Waals surface area contributed by atoms with Gasteiger partial charge in [-0.05, 0) is 0 Å². The fourth-order valence-corrected chi connectivity index (χ4v) is 3.91. The van der Waals surface area contributed by atoms with E-state index in [0.29, 0.717) is 10.1 Å². The van der Waals surface area contributed by atoms with Crippen LogP contribution >= 0.6 is 0 Å². The van der Waals surface area contributed by atoms with Crippen LogP contribution in [0.4, 0.5) is 0 Å². The number of hydroxylamine groups is 4. The third-order valence-corrected chi connectivity index (χ3v) is 6.44. The van der Waals surface area contributed by atoms with Crippen LogP contribution < -0.4 is 10.6 Å². The number of imide groups is 2. The second-order valence-electron chi connectivity index (χ2n) is 10.1. The molecule has 6 amide bonds. The predicted molar refractivity (Wildman–Crippen MR) is 147 cm³/mol. The molecule has 0 bridgehead atoms. The van der Waals surface area contributed by atoms with Crippen LogP contribution in [0.3, 0.4) is 0 Å². The van der Waals surface area contributed by atoms with Crippen molar-refractivity contribution < 1.29 is 67.0 Å². The lowest BCUT2D eigenvalue weighted by atomic mass is 9.92. The Morgan fingerprint density at radius 2 is 0.844 bits per heavy atom. The van der Waals surface area contributed by atoms with Crippen molar-refractivity contribution in [3.05, 3.63) is 0 Å². The highest BCUT2D eigenvalue weighted by Crippen LogP contribution is 2.22. The zero-order valence-electron chi connectivity index (χ0n) is 25.4. The second-order valence-corrected chi connectivity index (χ2v) is 10.1. The number of rotatable bonds is 22. The Kier molecular flexibility index (Phi) is 16.0. The summed E-state index contributed by atoms with van der Waals surface area (Å²) < 4.78 is 22.9. The van der Waals surface area contributed by atoms with Gasteiger partial charge in [-0.2, -0.15) is 0 Å². The Bertz CT molecular complexity index is 981. The average molecular weight is 645 g/mol. The lowest BCUT2D eigenvalue weighted by Gasteiger charge is -2.33. The number of hydrogen-bond acceptors (Lipinski definition) is 14. The molecular formula is C27H40N4O14. The number of hydrogen-bond donors (Lipinski definition) is 2. The number of nitrogens with one attached hydrogen (secondary N) is 2. The minimum Gasteiger partial charge on any atom is -0.380 e. The highest BCUT2D eigenvalue weighted by atomic mass is 16.7. The molecule has 18 nitrogen and oxygen atoms in total. The van der Waals surface area contributed by atoms with Gasteiger partial charge >= 0.3 is 11.9 Å². The summed E-state index contributed by atoms with van der Waals surface area (Å²) in [7, 11) is 2.96. The quantitative estimate of drug-likeness (QED) is 0.0991. The second kappa shape index (κ2) is 19.4. The van der Waals surface area contributed by atoms with Gasteiger partial charge in [0.2, 0.25) is 11.8 Å². The van der Waals surface area contributed by atoms with Gasteiger partial charge < -0.3 is 39.3 Å². The number of nitrogens with zero attached hydrogens (tertiary/aromatic N) is 2. The molecule has 0 aromatic heterocycles. The average Bonchev–Trinajstić information content (AvgIpc) is 3.51. The smallest absolute Gasteiger partial charge is 0.335 e. The summed E-state index contributed by atoms with van der Waals surface area (Å²) in [5.41, 5.74) is -1.07. The van der Waals surface area contributed by atoms with Gasteiger partial charge in [-0.1, -0.05) is 0 Å². The molecule has 0 atom stereocenters. The van der Waals surface area contributed by atoms with E-state index in [2.05, 4.69) is 10.6 Å². The van der Waals surface area contributed by atoms with Crippen molar-refractivity contribution >= 4 is 47.4 Å². The van der Waals surface area contributed by atoms with Crippen LogP contribution in [0.2, 0.25) is 0 Å². The Morgan fingerprint density at radius 3 is 1.13 bits per heavy atom. The van der Waals surface area contributed by atoms with Crippen LogP contribution in [-0.2, 0) is 67.0 Å². The summed E-state index contributed by atoms with van der Waals surface area (Å²) in [6, 6.07) is 0. The van der Waals surface area contributed by atoms with Crippen LogP contribution in [0, 0.1) is 5.41 Å². The number of carbonyl (C=O) groups excluding carboxylic acids is 8. The summed E-state index contributed by atoms with van der Waals surface area (Å²) in [5.74, 6) is -4.69. The van der Waals surface area contributed by atoms with Gasteiger partial charge in [-0.25, -0.2) is 9.59 Å². The van der Waals surface area contributed by atoms with E-state index in [1.807, 2.05) is 0 Å². The molecule has 2 saturated heterocycles. The van der Waals surface area contributed by atoms with E-state index < -0.39 is 41.0 Å². The number of carbonyl (C=O) groups is 8. The van der Waals surface area contributed by atoms with Crippen LogP contribution in [0.5, 0.6) is 0 Å². The molecule has 2 heterocycles. The molecule has 18 heteroatoms. The van der Waals surface area contributed by atoms with E-state index in [9.17, 15) is 38.4 Å². The fraction of sp³-hybridized carbons (Fsp3) is 0.704. The van der Waals surface area contributed by atoms with Gasteiger partial charge in [-0.3, -0.25) is 28.8 Å². The molecule has 2 fully saturated rings. The van der Waals surface area contributed by atoms with Crippen LogP contribution in [0.25, 0.3) is 0 Å². The first-order chi connectivity index (χ1) is 21.5. The van der Waals surface area contributed by atoms with Gasteiger partial charge in [-0.15, -0.1) is 10.1 Å². The third kappa shape index (κ3) is 13.3. The number of amides is 6. The molecule has 0 unspecified atom stereocenters. The topological polar surface area (TPSA) is 222 Å². The van der Waals surface area contributed by atoms with Gasteiger partial charge in [0.05, 0.1) is 71.1 Å². The van der Waals surface area contributed by atoms with E-state index >= 15 is 0 Å². The maximum Gasteiger partial charge on any atom is 0.335 e. The highest BCUT2D eigenvalue weighted by Gasteiger charge is 2.35. The van der Waals surface area contributed by atoms with Crippen molar-refractivity contribution in [3.63, 3.8) is 0 Å². The van der Waals surface area contributed by atoms with Crippen molar-refractivity contribution in [2.75, 3.05) is 67.0 Å². The van der Waals surface area contributed by atoms with E-state index in [1.54, 1.807) is 0 Å². The molecule has 0 aliphatic carbocycles. The van der Waals surface area contributed by atoms with Crippen molar-refractivity contribution in [1.29, 1.82) is 0 Å². The van der Waals surface area contributed by atoms with Crippen LogP contribution in [-0.4, -0.2) is 124 Å². The van der Waals surface area contributed by atoms with Gasteiger partial charge in [0, 0.05) is 52.6 Å². The molecule has 0 aromatic rings. The summed E-state index contributed by atoms with van der Waals surface area (Å²) in [6.07, 6.45) is -0.662. The molecule has 45 heavy (non-hydrogen) atoms. The van der Waals surface area contributed by atoms with Crippen molar-refractivity contribution in [2.45, 2.75) is 51.4 Å². The van der Waals surface area contributed by atoms with Crippen LogP contribution in [0.1, 0.15) is 51.4 Å². The van der Waals surface area contributed by atoms with E-state index in [1.165, 1.54) is 14.1 Å². The molecule has 2 rings (SSSR count). The lowest BCUT2D eigenvalue weighted by molar-refractivity contribution is -0.198. The Hall–Kier alpha value is -4.00. The summed E-state index contributed by atoms with van der Waals surface area (Å²) >= 11 is 0. The van der Waals surface area contributed by atoms with Gasteiger partial charge in [0.1, 0.15) is 0 Å². The summed E-state index contributed by atoms with van der Waals surface area (Å²) in [4.78, 5) is 104. The Labute approximate surface area is 259 Å². The van der Waals surface area contributed by atoms with Crippen molar-refractivity contribution in [3.8, 4) is 0 Å². The Balaban J connectivity index is 1.99. The molecule has 2 aliphatic rings. The fourth-order valence-electron chi connectivity index (χ4n) is 3.91. The molecule has 0 radical (unpaired) electrons. The molecule has 0 aromatic carbocycles. The van der Waals surface area contributed by atoms with Crippen LogP contribution in [0.15, 0.2) is 0 Å². The lowest BCUT2D eigenvalue weighted by Crippen LogP contribution is -2.42. The number of ether oxygens (including phenoxy) is 4. The van der Waals surface area contributed by atoms with E-state index in [4.69, 9.17) is 28.6 Å². The molecule has 0 saturated carbocycles. The van der Waals surface area contributed by atoms with E-state index in [0.717, 1.165) is 0 Å². The Morgan fingerprint density at radius 1 is 0.556 bits per heavy atom. The monoisotopic (exact) mass is 644 g/mol. The molecular weight excluding hydrogens is 604 g/mol. The normalized spacial score (nSPS) is 15.1. The zero-order valence-corrected chi connectivity index (χ0v) is 25.4. The van der Waals surface area contributed by atoms with Crippen molar-refractivity contribution in [1.82, 2.24) is 20.8 Å². The maximum absolute atomic E-state index is 12.2. The summed E-state index contributed by atoms with van der Waals surface area (Å²) in [6.45, 7) is -0.665. The van der Waals surface area contributed by atoms with Crippen molar-refractivity contribution in [2.24, 2.45) is 5.41 Å². The molecule has 2 N–H and O–H groups in total. The summed E-state index contributed by atoms with van der Waals surface area (Å²) in [5, 5.41) is 5.82. The molecule has 0 spiro atoms. The predicted octanol–water partition coefficient (Wildman–Crippen LogP) is -1.69. The SMILES string of the molecule is CNC(=O)CCOCC(COCCC(=O)NC)(COCCC(=O)ON1C(=O)CCC1=O)COCCC(=O)ON1C(=O)CCC1=O. The van der Waals surface area contributed by atoms with Gasteiger partial charge in [0.25, 0.3) is 23.6 Å². The standard InChI is InChI=1S/C27H40N4O14/c1-28-19(32)7-11-40-15-27(16-41-12-8-20(33)29-2,17-42-13-9-25(38)44-30-21(34)3-4-22(30)35)18-43-14-10-26(39)45-31-23(36)5-6-24(31)37/h3-18H2,1-2H3,(H,28,32)(H,29,33). The molecule has 2 aliphatic heterocycles. The minimum absolute atomic E-state index is 0.0358. The van der Waals surface area contributed by atoms with E-state index in [-0.39, 0.29) is 116 Å². The third-order valence-electron chi connectivity index (χ3n) is 6.44. The first-order valence-electron chi connectivity index (χ1n) is 14.4. The zero-order chi connectivity index (χ0) is 33.2. The largest absolute Gasteiger partial charge is 0.380 e. The maximum atomic E-state index is 12.2. The van der Waals surface area contributed by atoms with Gasteiger partial charge in [0.15, 0.2) is 0 Å². The minimum atomic E-state index is -1.07. The first kappa shape index (κ1) is 37.2. The highest BCUT2D eigenvalue weighted by molar-refractivity contribution is 6.02.